The summed E-state index contributed by atoms with van der Waals surface area (Å²) in [6, 6.07) is -1.19. The summed E-state index contributed by atoms with van der Waals surface area (Å²) in [5, 5.41) is 22.0. The second-order valence-electron chi connectivity index (χ2n) is 4.06. The molecule has 4 N–H and O–H groups in total. The normalized spacial score (nSPS) is 14.1. The first kappa shape index (κ1) is 13.4. The third kappa shape index (κ3) is 2.88. The highest BCUT2D eigenvalue weighted by Gasteiger charge is 2.19. The number of aryl methyl sites for hydroxylation is 1. The lowest BCUT2D eigenvalue weighted by atomic mass is 10.2. The van der Waals surface area contributed by atoms with Crippen LogP contribution in [-0.2, 0) is 11.8 Å². The van der Waals surface area contributed by atoms with Gasteiger partial charge in [-0.1, -0.05) is 0 Å². The molecule has 0 aliphatic heterocycles. The van der Waals surface area contributed by atoms with Crippen LogP contribution in [0.2, 0.25) is 0 Å². The minimum Gasteiger partial charge on any atom is -0.480 e. The Morgan fingerprint density at radius 3 is 2.95 bits per heavy atom. The Kier molecular flexibility index (Phi) is 3.76. The molecule has 0 amide bonds. The Labute approximate surface area is 113 Å². The van der Waals surface area contributed by atoms with E-state index in [9.17, 15) is 4.79 Å². The van der Waals surface area contributed by atoms with Gasteiger partial charge in [0.15, 0.2) is 11.0 Å². The largest absolute Gasteiger partial charge is 0.480 e. The van der Waals surface area contributed by atoms with Gasteiger partial charge in [-0.3, -0.25) is 4.79 Å². The van der Waals surface area contributed by atoms with Crippen molar-refractivity contribution in [2.45, 2.75) is 19.0 Å². The van der Waals surface area contributed by atoms with E-state index in [1.807, 2.05) is 14.0 Å². The van der Waals surface area contributed by atoms with E-state index in [-0.39, 0.29) is 6.04 Å². The topological polar surface area (TPSA) is 119 Å². The summed E-state index contributed by atoms with van der Waals surface area (Å²) in [5.41, 5.74) is 5.83. The summed E-state index contributed by atoms with van der Waals surface area (Å²) >= 11 is 1.30. The molecule has 9 heteroatoms. The molecule has 2 aromatic heterocycles. The van der Waals surface area contributed by atoms with Crippen molar-refractivity contribution < 1.29 is 9.90 Å². The Bertz CT molecular complexity index is 580. The maximum Gasteiger partial charge on any atom is 0.326 e. The van der Waals surface area contributed by atoms with Crippen LogP contribution in [0.3, 0.4) is 0 Å². The summed E-state index contributed by atoms with van der Waals surface area (Å²) < 4.78 is 1.80. The first-order valence-electron chi connectivity index (χ1n) is 5.53. The van der Waals surface area contributed by atoms with Crippen LogP contribution < -0.4 is 11.1 Å². The molecular formula is C10H14N6O2S. The molecule has 0 spiro atoms. The number of anilines is 1. The average molecular weight is 282 g/mol. The fourth-order valence-electron chi connectivity index (χ4n) is 1.56. The standard InChI is InChI=1S/C10H14N6O2S/c1-5(8-15-12-4-16(8)2)13-10-14-6(3-19-10)7(11)9(17)18/h3-5,7H,11H2,1-2H3,(H,13,14)(H,17,18). The molecule has 8 nitrogen and oxygen atoms in total. The zero-order valence-electron chi connectivity index (χ0n) is 10.4. The number of hydrogen-bond donors (Lipinski definition) is 3. The number of nitrogens with one attached hydrogen (secondary N) is 1. The summed E-state index contributed by atoms with van der Waals surface area (Å²) in [7, 11) is 1.85. The van der Waals surface area contributed by atoms with Crippen molar-refractivity contribution in [2.75, 3.05) is 5.32 Å². The number of rotatable bonds is 5. The van der Waals surface area contributed by atoms with Gasteiger partial charge in [0, 0.05) is 12.4 Å². The van der Waals surface area contributed by atoms with Crippen molar-refractivity contribution in [3.8, 4) is 0 Å². The summed E-state index contributed by atoms with van der Waals surface area (Å²) in [6.45, 7) is 1.92. The molecule has 0 bridgehead atoms. The van der Waals surface area contributed by atoms with Gasteiger partial charge in [0.05, 0.1) is 11.7 Å². The number of hydrogen-bond acceptors (Lipinski definition) is 7. The Morgan fingerprint density at radius 2 is 2.37 bits per heavy atom. The number of aliphatic carboxylic acids is 1. The molecule has 2 unspecified atom stereocenters. The van der Waals surface area contributed by atoms with Crippen molar-refractivity contribution in [3.63, 3.8) is 0 Å². The summed E-state index contributed by atoms with van der Waals surface area (Å²) in [5.74, 6) is -0.336. The fourth-order valence-corrected chi connectivity index (χ4v) is 2.39. The molecule has 0 saturated heterocycles. The highest BCUT2D eigenvalue weighted by molar-refractivity contribution is 7.13. The number of carboxylic acid groups (broad SMARTS) is 1. The molecule has 102 valence electrons. The number of carboxylic acids is 1. The molecule has 19 heavy (non-hydrogen) atoms. The second kappa shape index (κ2) is 5.33. The van der Waals surface area contributed by atoms with Gasteiger partial charge in [-0.2, -0.15) is 0 Å². The van der Waals surface area contributed by atoms with Crippen molar-refractivity contribution in [3.05, 3.63) is 23.2 Å². The molecule has 0 aliphatic rings. The van der Waals surface area contributed by atoms with E-state index in [1.165, 1.54) is 11.3 Å². The monoisotopic (exact) mass is 282 g/mol. The van der Waals surface area contributed by atoms with E-state index in [0.29, 0.717) is 10.8 Å². The SMILES string of the molecule is CC(Nc1nc(C(N)C(=O)O)cs1)c1nncn1C. The number of carbonyl (C=O) groups is 1. The van der Waals surface area contributed by atoms with Gasteiger partial charge in [0.2, 0.25) is 0 Å². The van der Waals surface area contributed by atoms with Crippen molar-refractivity contribution in [1.82, 2.24) is 19.7 Å². The first-order chi connectivity index (χ1) is 8.99. The van der Waals surface area contributed by atoms with Gasteiger partial charge < -0.3 is 20.7 Å². The van der Waals surface area contributed by atoms with E-state index in [1.54, 1.807) is 16.3 Å². The molecule has 2 rings (SSSR count). The smallest absolute Gasteiger partial charge is 0.326 e. The zero-order valence-corrected chi connectivity index (χ0v) is 11.3. The van der Waals surface area contributed by atoms with Crippen LogP contribution in [0.25, 0.3) is 0 Å². The molecule has 0 fully saturated rings. The molecule has 2 aromatic rings. The van der Waals surface area contributed by atoms with Gasteiger partial charge >= 0.3 is 5.97 Å². The predicted molar refractivity (Wildman–Crippen MR) is 69.7 cm³/mol. The molecule has 0 saturated carbocycles. The number of nitrogens with zero attached hydrogens (tertiary/aromatic N) is 4. The summed E-state index contributed by atoms with van der Waals surface area (Å²) in [6.07, 6.45) is 1.61. The third-order valence-corrected chi connectivity index (χ3v) is 3.37. The molecule has 0 radical (unpaired) electrons. The van der Waals surface area contributed by atoms with Crippen LogP contribution in [0.1, 0.15) is 30.5 Å². The number of aromatic nitrogens is 4. The fraction of sp³-hybridized carbons (Fsp3) is 0.400. The highest BCUT2D eigenvalue weighted by atomic mass is 32.1. The van der Waals surface area contributed by atoms with E-state index >= 15 is 0 Å². The van der Waals surface area contributed by atoms with E-state index < -0.39 is 12.0 Å². The molecule has 0 aliphatic carbocycles. The molecule has 0 aromatic carbocycles. The lowest BCUT2D eigenvalue weighted by molar-refractivity contribution is -0.138. The van der Waals surface area contributed by atoms with Crippen LogP contribution in [0.4, 0.5) is 5.13 Å². The number of thiazole rings is 1. The van der Waals surface area contributed by atoms with Crippen LogP contribution in [0.15, 0.2) is 11.7 Å². The first-order valence-corrected chi connectivity index (χ1v) is 6.41. The van der Waals surface area contributed by atoms with Gasteiger partial charge in [-0.25, -0.2) is 4.98 Å². The lowest BCUT2D eigenvalue weighted by Crippen LogP contribution is -2.21. The minimum atomic E-state index is -1.10. The van der Waals surface area contributed by atoms with Crippen LogP contribution in [-0.4, -0.2) is 30.8 Å². The second-order valence-corrected chi connectivity index (χ2v) is 4.92. The number of nitrogens with two attached hydrogens (primary N) is 1. The molecule has 2 heterocycles. The quantitative estimate of drug-likeness (QED) is 0.731. The molecular weight excluding hydrogens is 268 g/mol. The van der Waals surface area contributed by atoms with Crippen molar-refractivity contribution in [2.24, 2.45) is 12.8 Å². The minimum absolute atomic E-state index is 0.0902. The van der Waals surface area contributed by atoms with E-state index in [0.717, 1.165) is 5.82 Å². The maximum atomic E-state index is 10.8. The van der Waals surface area contributed by atoms with E-state index in [2.05, 4.69) is 20.5 Å². The third-order valence-electron chi connectivity index (χ3n) is 2.58. The van der Waals surface area contributed by atoms with Crippen LogP contribution in [0, 0.1) is 0 Å². The molecule has 2 atom stereocenters. The van der Waals surface area contributed by atoms with E-state index in [4.69, 9.17) is 10.8 Å². The Morgan fingerprint density at radius 1 is 1.63 bits per heavy atom. The average Bonchev–Trinajstić information content (AvgIpc) is 2.97. The summed E-state index contributed by atoms with van der Waals surface area (Å²) in [4.78, 5) is 14.9. The van der Waals surface area contributed by atoms with Gasteiger partial charge in [0.1, 0.15) is 12.4 Å². The zero-order chi connectivity index (χ0) is 14.0. The highest BCUT2D eigenvalue weighted by Crippen LogP contribution is 2.23. The Hall–Kier alpha value is -2.00. The maximum absolute atomic E-state index is 10.8. The lowest BCUT2D eigenvalue weighted by Gasteiger charge is -2.11. The van der Waals surface area contributed by atoms with Crippen LogP contribution >= 0.6 is 11.3 Å². The van der Waals surface area contributed by atoms with Crippen molar-refractivity contribution in [1.29, 1.82) is 0 Å². The van der Waals surface area contributed by atoms with Crippen LogP contribution in [0.5, 0.6) is 0 Å². The predicted octanol–water partition coefficient (Wildman–Crippen LogP) is 0.529. The van der Waals surface area contributed by atoms with Gasteiger partial charge in [0.25, 0.3) is 0 Å². The van der Waals surface area contributed by atoms with Gasteiger partial charge in [-0.05, 0) is 6.92 Å². The Balaban J connectivity index is 2.08. The van der Waals surface area contributed by atoms with Gasteiger partial charge in [-0.15, -0.1) is 21.5 Å². The van der Waals surface area contributed by atoms with Crippen molar-refractivity contribution >= 4 is 22.4 Å².